The molecule has 1 heterocycles. The van der Waals surface area contributed by atoms with E-state index in [1.807, 2.05) is 71.4 Å². The second-order valence-corrected chi connectivity index (χ2v) is 5.23. The van der Waals surface area contributed by atoms with Crippen LogP contribution in [0.2, 0.25) is 0 Å². The zero-order valence-electron chi connectivity index (χ0n) is 10.8. The van der Waals surface area contributed by atoms with Crippen LogP contribution in [-0.2, 0) is 0 Å². The summed E-state index contributed by atoms with van der Waals surface area (Å²) in [5.74, 6) is 1.51. The van der Waals surface area contributed by atoms with Crippen LogP contribution in [0.15, 0.2) is 71.4 Å². The Morgan fingerprint density at radius 2 is 1.65 bits per heavy atom. The minimum Gasteiger partial charge on any atom is -0.457 e. The summed E-state index contributed by atoms with van der Waals surface area (Å²) in [6.07, 6.45) is -0.611. The quantitative estimate of drug-likeness (QED) is 0.756. The topological polar surface area (TPSA) is 29.5 Å². The van der Waals surface area contributed by atoms with Crippen LogP contribution in [0.3, 0.4) is 0 Å². The van der Waals surface area contributed by atoms with E-state index in [2.05, 4.69) is 0 Å². The smallest absolute Gasteiger partial charge is 0.127 e. The molecule has 2 nitrogen and oxygen atoms in total. The minimum atomic E-state index is -0.611. The highest BCUT2D eigenvalue weighted by Crippen LogP contribution is 2.28. The predicted molar refractivity (Wildman–Crippen MR) is 81.3 cm³/mol. The standard InChI is InChI=1S/C17H14O2S/c18-17(14-9-10-20-12-14)13-5-4-8-16(11-13)19-15-6-2-1-3-7-15/h1-12,17-18H. The number of thiophene rings is 1. The average Bonchev–Trinajstić information content (AvgIpc) is 3.02. The molecule has 3 aromatic rings. The second kappa shape index (κ2) is 5.90. The van der Waals surface area contributed by atoms with Gasteiger partial charge in [0.05, 0.1) is 0 Å². The van der Waals surface area contributed by atoms with Gasteiger partial charge in [0.2, 0.25) is 0 Å². The number of benzene rings is 2. The Morgan fingerprint density at radius 3 is 2.40 bits per heavy atom. The summed E-state index contributed by atoms with van der Waals surface area (Å²) in [6, 6.07) is 19.1. The Kier molecular flexibility index (Phi) is 3.81. The first kappa shape index (κ1) is 12.9. The summed E-state index contributed by atoms with van der Waals surface area (Å²) in [5.41, 5.74) is 1.74. The van der Waals surface area contributed by atoms with E-state index in [1.165, 1.54) is 0 Å². The van der Waals surface area contributed by atoms with Crippen molar-refractivity contribution in [1.82, 2.24) is 0 Å². The summed E-state index contributed by atoms with van der Waals surface area (Å²) in [5, 5.41) is 14.2. The maximum Gasteiger partial charge on any atom is 0.127 e. The van der Waals surface area contributed by atoms with Gasteiger partial charge >= 0.3 is 0 Å². The molecule has 2 aromatic carbocycles. The lowest BCUT2D eigenvalue weighted by Crippen LogP contribution is -1.98. The first-order valence-corrected chi connectivity index (χ1v) is 7.30. The van der Waals surface area contributed by atoms with Gasteiger partial charge in [0.25, 0.3) is 0 Å². The molecule has 3 heteroatoms. The highest BCUT2D eigenvalue weighted by atomic mass is 32.1. The first-order valence-electron chi connectivity index (χ1n) is 6.36. The molecule has 1 N–H and O–H groups in total. The fraction of sp³-hybridized carbons (Fsp3) is 0.0588. The lowest BCUT2D eigenvalue weighted by molar-refractivity contribution is 0.220. The SMILES string of the molecule is OC(c1ccsc1)c1cccc(Oc2ccccc2)c1. The summed E-state index contributed by atoms with van der Waals surface area (Å²) < 4.78 is 5.78. The van der Waals surface area contributed by atoms with Gasteiger partial charge in [-0.15, -0.1) is 0 Å². The molecular weight excluding hydrogens is 268 g/mol. The van der Waals surface area contributed by atoms with Crippen molar-refractivity contribution in [3.8, 4) is 11.5 Å². The Balaban J connectivity index is 1.83. The van der Waals surface area contributed by atoms with Gasteiger partial charge in [-0.2, -0.15) is 11.3 Å². The van der Waals surface area contributed by atoms with Gasteiger partial charge in [-0.05, 0) is 52.2 Å². The van der Waals surface area contributed by atoms with Gasteiger partial charge in [0.1, 0.15) is 17.6 Å². The molecular formula is C17H14O2S. The molecule has 0 spiro atoms. The van der Waals surface area contributed by atoms with E-state index >= 15 is 0 Å². The Labute approximate surface area is 121 Å². The van der Waals surface area contributed by atoms with Gasteiger partial charge in [0, 0.05) is 0 Å². The van der Waals surface area contributed by atoms with E-state index in [1.54, 1.807) is 11.3 Å². The lowest BCUT2D eigenvalue weighted by atomic mass is 10.0. The molecule has 3 rings (SSSR count). The fourth-order valence-electron chi connectivity index (χ4n) is 2.00. The number of para-hydroxylation sites is 1. The molecule has 0 fully saturated rings. The van der Waals surface area contributed by atoms with Crippen molar-refractivity contribution in [2.75, 3.05) is 0 Å². The minimum absolute atomic E-state index is 0.611. The van der Waals surface area contributed by atoms with Crippen LogP contribution in [0.4, 0.5) is 0 Å². The summed E-state index contributed by atoms with van der Waals surface area (Å²) in [6.45, 7) is 0. The van der Waals surface area contributed by atoms with E-state index in [0.29, 0.717) is 0 Å². The summed E-state index contributed by atoms with van der Waals surface area (Å²) in [4.78, 5) is 0. The molecule has 0 amide bonds. The third-order valence-corrected chi connectivity index (χ3v) is 3.71. The molecule has 1 unspecified atom stereocenters. The zero-order chi connectivity index (χ0) is 13.8. The van der Waals surface area contributed by atoms with Crippen molar-refractivity contribution in [3.05, 3.63) is 82.6 Å². The third-order valence-electron chi connectivity index (χ3n) is 3.01. The van der Waals surface area contributed by atoms with Crippen LogP contribution < -0.4 is 4.74 Å². The molecule has 0 saturated carbocycles. The van der Waals surface area contributed by atoms with E-state index in [4.69, 9.17) is 4.74 Å². The van der Waals surface area contributed by atoms with Crippen LogP contribution in [0.1, 0.15) is 17.2 Å². The van der Waals surface area contributed by atoms with Gasteiger partial charge in [-0.1, -0.05) is 30.3 Å². The van der Waals surface area contributed by atoms with E-state index in [-0.39, 0.29) is 0 Å². The molecule has 0 radical (unpaired) electrons. The molecule has 20 heavy (non-hydrogen) atoms. The molecule has 0 saturated heterocycles. The fourth-order valence-corrected chi connectivity index (χ4v) is 2.67. The lowest BCUT2D eigenvalue weighted by Gasteiger charge is -2.11. The average molecular weight is 282 g/mol. The van der Waals surface area contributed by atoms with Crippen LogP contribution >= 0.6 is 11.3 Å². The van der Waals surface area contributed by atoms with Crippen molar-refractivity contribution < 1.29 is 9.84 Å². The predicted octanol–water partition coefficient (Wildman–Crippen LogP) is 4.62. The number of hydrogen-bond donors (Lipinski definition) is 1. The molecule has 1 aromatic heterocycles. The van der Waals surface area contributed by atoms with Crippen molar-refractivity contribution >= 4 is 11.3 Å². The molecule has 0 aliphatic heterocycles. The van der Waals surface area contributed by atoms with Crippen LogP contribution in [-0.4, -0.2) is 5.11 Å². The summed E-state index contributed by atoms with van der Waals surface area (Å²) >= 11 is 1.58. The third kappa shape index (κ3) is 2.90. The maximum atomic E-state index is 10.3. The monoisotopic (exact) mass is 282 g/mol. The normalized spacial score (nSPS) is 12.1. The molecule has 0 bridgehead atoms. The van der Waals surface area contributed by atoms with E-state index in [0.717, 1.165) is 22.6 Å². The zero-order valence-corrected chi connectivity index (χ0v) is 11.6. The van der Waals surface area contributed by atoms with Gasteiger partial charge in [0.15, 0.2) is 0 Å². The van der Waals surface area contributed by atoms with Crippen LogP contribution in [0.25, 0.3) is 0 Å². The highest BCUT2D eigenvalue weighted by Gasteiger charge is 2.11. The Morgan fingerprint density at radius 1 is 0.850 bits per heavy atom. The molecule has 100 valence electrons. The molecule has 0 aliphatic rings. The van der Waals surface area contributed by atoms with Crippen molar-refractivity contribution in [2.45, 2.75) is 6.10 Å². The second-order valence-electron chi connectivity index (χ2n) is 4.45. The first-order chi connectivity index (χ1) is 9.83. The van der Waals surface area contributed by atoms with Gasteiger partial charge in [-0.3, -0.25) is 0 Å². The Bertz CT molecular complexity index is 662. The number of hydrogen-bond acceptors (Lipinski definition) is 3. The molecule has 1 atom stereocenters. The maximum absolute atomic E-state index is 10.3. The van der Waals surface area contributed by atoms with Crippen molar-refractivity contribution in [3.63, 3.8) is 0 Å². The number of aliphatic hydroxyl groups is 1. The van der Waals surface area contributed by atoms with Crippen molar-refractivity contribution in [1.29, 1.82) is 0 Å². The van der Waals surface area contributed by atoms with Gasteiger partial charge in [-0.25, -0.2) is 0 Å². The molecule has 0 aliphatic carbocycles. The van der Waals surface area contributed by atoms with E-state index in [9.17, 15) is 5.11 Å². The number of rotatable bonds is 4. The largest absolute Gasteiger partial charge is 0.457 e. The Hall–Kier alpha value is -2.10. The number of aliphatic hydroxyl groups excluding tert-OH is 1. The number of ether oxygens (including phenoxy) is 1. The van der Waals surface area contributed by atoms with Crippen LogP contribution in [0.5, 0.6) is 11.5 Å². The summed E-state index contributed by atoms with van der Waals surface area (Å²) in [7, 11) is 0. The van der Waals surface area contributed by atoms with Crippen molar-refractivity contribution in [2.24, 2.45) is 0 Å². The van der Waals surface area contributed by atoms with Crippen LogP contribution in [0, 0.1) is 0 Å². The van der Waals surface area contributed by atoms with Gasteiger partial charge < -0.3 is 9.84 Å². The highest BCUT2D eigenvalue weighted by molar-refractivity contribution is 7.07. The van der Waals surface area contributed by atoms with E-state index < -0.39 is 6.10 Å².